The molecular formula is C13H22N4S. The summed E-state index contributed by atoms with van der Waals surface area (Å²) in [6.45, 7) is 4.21. The molecule has 1 fully saturated rings. The summed E-state index contributed by atoms with van der Waals surface area (Å²) in [4.78, 5) is 8.68. The van der Waals surface area contributed by atoms with Crippen molar-refractivity contribution in [3.63, 3.8) is 0 Å². The van der Waals surface area contributed by atoms with E-state index >= 15 is 0 Å². The fraction of sp³-hybridized carbons (Fsp3) is 0.692. The molecule has 2 heterocycles. The highest BCUT2D eigenvalue weighted by molar-refractivity contribution is 8.13. The molecule has 5 heteroatoms. The Morgan fingerprint density at radius 1 is 1.56 bits per heavy atom. The number of nitrogens with one attached hydrogen (secondary N) is 1. The topological polar surface area (TPSA) is 42.2 Å². The minimum Gasteiger partial charge on any atom is -0.362 e. The first-order valence-corrected chi connectivity index (χ1v) is 7.76. The van der Waals surface area contributed by atoms with Gasteiger partial charge in [0.15, 0.2) is 5.17 Å². The van der Waals surface area contributed by atoms with Crippen LogP contribution in [-0.4, -0.2) is 33.1 Å². The predicted molar refractivity (Wildman–Crippen MR) is 78.1 cm³/mol. The van der Waals surface area contributed by atoms with Crippen LogP contribution in [0.25, 0.3) is 0 Å². The number of aliphatic imine (C=N–C) groups is 1. The highest BCUT2D eigenvalue weighted by atomic mass is 32.2. The van der Waals surface area contributed by atoms with Gasteiger partial charge >= 0.3 is 0 Å². The van der Waals surface area contributed by atoms with Crippen molar-refractivity contribution in [3.05, 3.63) is 18.7 Å². The highest BCUT2D eigenvalue weighted by Crippen LogP contribution is 2.15. The van der Waals surface area contributed by atoms with Crippen molar-refractivity contribution in [2.75, 3.05) is 12.3 Å². The SMILES string of the molecule is CCC1CCSC(=NCCCCn2ccnc2)N1. The van der Waals surface area contributed by atoms with Gasteiger partial charge in [-0.3, -0.25) is 4.99 Å². The monoisotopic (exact) mass is 266 g/mol. The van der Waals surface area contributed by atoms with Gasteiger partial charge in [-0.25, -0.2) is 4.98 Å². The zero-order valence-corrected chi connectivity index (χ0v) is 11.8. The molecule has 0 amide bonds. The molecule has 1 saturated heterocycles. The average Bonchev–Trinajstić information content (AvgIpc) is 2.92. The van der Waals surface area contributed by atoms with Crippen molar-refractivity contribution in [1.29, 1.82) is 0 Å². The van der Waals surface area contributed by atoms with E-state index in [1.165, 1.54) is 18.6 Å². The third-order valence-corrected chi connectivity index (χ3v) is 4.12. The first-order valence-electron chi connectivity index (χ1n) is 6.78. The standard InChI is InChI=1S/C13H22N4S/c1-2-12-5-10-18-13(16-12)15-6-3-4-8-17-9-7-14-11-17/h7,9,11-12H,2-6,8,10H2,1H3,(H,15,16). The number of imidazole rings is 1. The van der Waals surface area contributed by atoms with Crippen LogP contribution in [0.1, 0.15) is 32.6 Å². The molecule has 1 unspecified atom stereocenters. The van der Waals surface area contributed by atoms with Gasteiger partial charge in [-0.2, -0.15) is 0 Å². The molecule has 1 aliphatic heterocycles. The Kier molecular flexibility index (Phi) is 5.58. The van der Waals surface area contributed by atoms with E-state index in [4.69, 9.17) is 0 Å². The van der Waals surface area contributed by atoms with Crippen LogP contribution in [0.5, 0.6) is 0 Å². The minimum atomic E-state index is 0.635. The zero-order chi connectivity index (χ0) is 12.6. The molecule has 0 spiro atoms. The molecule has 0 radical (unpaired) electrons. The van der Waals surface area contributed by atoms with Crippen molar-refractivity contribution >= 4 is 16.9 Å². The van der Waals surface area contributed by atoms with Crippen LogP contribution in [0.2, 0.25) is 0 Å². The number of aromatic nitrogens is 2. The smallest absolute Gasteiger partial charge is 0.156 e. The molecule has 2 rings (SSSR count). The molecule has 1 N–H and O–H groups in total. The summed E-state index contributed by atoms with van der Waals surface area (Å²) in [6, 6.07) is 0.635. The summed E-state index contributed by atoms with van der Waals surface area (Å²) in [5, 5.41) is 4.65. The molecule has 1 aliphatic rings. The van der Waals surface area contributed by atoms with Gasteiger partial charge in [0, 0.05) is 37.3 Å². The molecular weight excluding hydrogens is 244 g/mol. The quantitative estimate of drug-likeness (QED) is 0.805. The van der Waals surface area contributed by atoms with E-state index in [9.17, 15) is 0 Å². The second kappa shape index (κ2) is 7.46. The lowest BCUT2D eigenvalue weighted by atomic mass is 10.2. The number of nitrogens with zero attached hydrogens (tertiary/aromatic N) is 3. The summed E-state index contributed by atoms with van der Waals surface area (Å²) in [5.41, 5.74) is 0. The molecule has 1 aromatic rings. The normalized spacial score (nSPS) is 22.1. The zero-order valence-electron chi connectivity index (χ0n) is 11.0. The van der Waals surface area contributed by atoms with Crippen molar-refractivity contribution in [2.24, 2.45) is 4.99 Å². The van der Waals surface area contributed by atoms with Gasteiger partial charge in [0.1, 0.15) is 0 Å². The first kappa shape index (κ1) is 13.5. The van der Waals surface area contributed by atoms with Crippen LogP contribution in [-0.2, 0) is 6.54 Å². The van der Waals surface area contributed by atoms with Gasteiger partial charge in [-0.15, -0.1) is 0 Å². The Bertz CT molecular complexity index is 361. The summed E-state index contributed by atoms with van der Waals surface area (Å²) >= 11 is 1.86. The lowest BCUT2D eigenvalue weighted by Gasteiger charge is -2.24. The molecule has 0 aromatic carbocycles. The molecule has 0 aliphatic carbocycles. The van der Waals surface area contributed by atoms with Gasteiger partial charge in [0.2, 0.25) is 0 Å². The van der Waals surface area contributed by atoms with Gasteiger partial charge in [0.25, 0.3) is 0 Å². The predicted octanol–water partition coefficient (Wildman–Crippen LogP) is 2.52. The van der Waals surface area contributed by atoms with Gasteiger partial charge in [-0.1, -0.05) is 18.7 Å². The average molecular weight is 266 g/mol. The van der Waals surface area contributed by atoms with Gasteiger partial charge in [-0.05, 0) is 25.7 Å². The molecule has 18 heavy (non-hydrogen) atoms. The largest absolute Gasteiger partial charge is 0.362 e. The number of thioether (sulfide) groups is 1. The first-order chi connectivity index (χ1) is 8.88. The van der Waals surface area contributed by atoms with E-state index in [0.29, 0.717) is 6.04 Å². The fourth-order valence-electron chi connectivity index (χ4n) is 1.99. The Morgan fingerprint density at radius 2 is 2.50 bits per heavy atom. The summed E-state index contributed by atoms with van der Waals surface area (Å²) in [6.07, 6.45) is 10.5. The highest BCUT2D eigenvalue weighted by Gasteiger charge is 2.14. The summed E-state index contributed by atoms with van der Waals surface area (Å²) in [5.74, 6) is 1.21. The Hall–Kier alpha value is -0.970. The van der Waals surface area contributed by atoms with E-state index in [2.05, 4.69) is 26.8 Å². The molecule has 1 aromatic heterocycles. The third kappa shape index (κ3) is 4.37. The van der Waals surface area contributed by atoms with E-state index < -0.39 is 0 Å². The number of unbranched alkanes of at least 4 members (excludes halogenated alkanes) is 1. The minimum absolute atomic E-state index is 0.635. The maximum atomic E-state index is 4.64. The number of amidine groups is 1. The Labute approximate surface area is 113 Å². The maximum Gasteiger partial charge on any atom is 0.156 e. The van der Waals surface area contributed by atoms with Crippen molar-refractivity contribution < 1.29 is 0 Å². The van der Waals surface area contributed by atoms with E-state index in [0.717, 1.165) is 31.1 Å². The molecule has 0 saturated carbocycles. The van der Waals surface area contributed by atoms with Crippen molar-refractivity contribution in [3.8, 4) is 0 Å². The Balaban J connectivity index is 1.61. The molecule has 1 atom stereocenters. The summed E-state index contributed by atoms with van der Waals surface area (Å²) in [7, 11) is 0. The van der Waals surface area contributed by atoms with Crippen molar-refractivity contribution in [1.82, 2.24) is 14.9 Å². The lowest BCUT2D eigenvalue weighted by molar-refractivity contribution is 0.568. The second-order valence-electron chi connectivity index (χ2n) is 4.58. The van der Waals surface area contributed by atoms with Crippen LogP contribution in [0.3, 0.4) is 0 Å². The van der Waals surface area contributed by atoms with Crippen LogP contribution in [0, 0.1) is 0 Å². The van der Waals surface area contributed by atoms with Crippen LogP contribution < -0.4 is 5.32 Å². The lowest BCUT2D eigenvalue weighted by Crippen LogP contribution is -2.37. The second-order valence-corrected chi connectivity index (χ2v) is 5.66. The number of hydrogen-bond donors (Lipinski definition) is 1. The molecule has 4 nitrogen and oxygen atoms in total. The van der Waals surface area contributed by atoms with E-state index in [-0.39, 0.29) is 0 Å². The Morgan fingerprint density at radius 3 is 3.28 bits per heavy atom. The molecule has 0 bridgehead atoms. The van der Waals surface area contributed by atoms with E-state index in [1.54, 1.807) is 0 Å². The fourth-order valence-corrected chi connectivity index (χ4v) is 3.02. The number of hydrogen-bond acceptors (Lipinski definition) is 3. The van der Waals surface area contributed by atoms with Crippen LogP contribution >= 0.6 is 11.8 Å². The number of rotatable bonds is 6. The van der Waals surface area contributed by atoms with Gasteiger partial charge in [0.05, 0.1) is 6.33 Å². The summed E-state index contributed by atoms with van der Waals surface area (Å²) < 4.78 is 2.12. The maximum absolute atomic E-state index is 4.64. The third-order valence-electron chi connectivity index (χ3n) is 3.16. The van der Waals surface area contributed by atoms with Crippen LogP contribution in [0.4, 0.5) is 0 Å². The van der Waals surface area contributed by atoms with Gasteiger partial charge < -0.3 is 9.88 Å². The molecule has 100 valence electrons. The van der Waals surface area contributed by atoms with E-state index in [1.807, 2.05) is 30.5 Å². The number of aryl methyl sites for hydroxylation is 1. The van der Waals surface area contributed by atoms with Crippen LogP contribution in [0.15, 0.2) is 23.7 Å². The van der Waals surface area contributed by atoms with Crippen molar-refractivity contribution in [2.45, 2.75) is 45.2 Å².